The van der Waals surface area contributed by atoms with Crippen LogP contribution in [0.2, 0.25) is 0 Å². The van der Waals surface area contributed by atoms with Gasteiger partial charge in [0.2, 0.25) is 5.91 Å². The van der Waals surface area contributed by atoms with E-state index in [1.165, 1.54) is 4.90 Å². The van der Waals surface area contributed by atoms with Gasteiger partial charge in [0.1, 0.15) is 0 Å². The fourth-order valence-corrected chi connectivity index (χ4v) is 0.720. The maximum Gasteiger partial charge on any atom is 0.225 e. The predicted molar refractivity (Wildman–Crippen MR) is 47.6 cm³/mol. The molecule has 0 heterocycles. The van der Waals surface area contributed by atoms with Gasteiger partial charge in [-0.3, -0.25) is 4.79 Å². The third-order valence-electron chi connectivity index (χ3n) is 1.42. The summed E-state index contributed by atoms with van der Waals surface area (Å²) in [6.07, 6.45) is 5.46. The van der Waals surface area contributed by atoms with Gasteiger partial charge in [0.15, 0.2) is 0 Å². The van der Waals surface area contributed by atoms with Crippen LogP contribution in [0.1, 0.15) is 13.3 Å². The van der Waals surface area contributed by atoms with Crippen molar-refractivity contribution in [2.75, 3.05) is 26.8 Å². The highest BCUT2D eigenvalue weighted by Crippen LogP contribution is 1.90. The van der Waals surface area contributed by atoms with Gasteiger partial charge in [-0.15, -0.1) is 6.42 Å². The fraction of sp³-hybridized carbons (Fsp3) is 0.667. The molecule has 1 amide bonds. The van der Waals surface area contributed by atoms with Crippen molar-refractivity contribution in [3.05, 3.63) is 0 Å². The molecule has 12 heavy (non-hydrogen) atoms. The van der Waals surface area contributed by atoms with Crippen LogP contribution in [0, 0.1) is 12.3 Å². The summed E-state index contributed by atoms with van der Waals surface area (Å²) in [7, 11) is 1.69. The van der Waals surface area contributed by atoms with E-state index in [0.717, 1.165) is 0 Å². The van der Waals surface area contributed by atoms with Crippen molar-refractivity contribution in [1.82, 2.24) is 4.90 Å². The number of nitrogens with zero attached hydrogens (tertiary/aromatic N) is 1. The lowest BCUT2D eigenvalue weighted by atomic mass is 10.4. The van der Waals surface area contributed by atoms with Crippen molar-refractivity contribution in [2.45, 2.75) is 13.3 Å². The van der Waals surface area contributed by atoms with E-state index in [9.17, 15) is 4.79 Å². The Morgan fingerprint density at radius 2 is 2.33 bits per heavy atom. The first kappa shape index (κ1) is 11.0. The van der Waals surface area contributed by atoms with E-state index in [4.69, 9.17) is 11.2 Å². The molecule has 0 aromatic carbocycles. The molecule has 0 aliphatic carbocycles. The van der Waals surface area contributed by atoms with E-state index in [0.29, 0.717) is 26.2 Å². The van der Waals surface area contributed by atoms with E-state index < -0.39 is 0 Å². The molecule has 68 valence electrons. The quantitative estimate of drug-likeness (QED) is 0.443. The molecule has 0 saturated carbocycles. The predicted octanol–water partition coefficient (Wildman–Crippen LogP) is 0.505. The maximum atomic E-state index is 11.2. The Hall–Kier alpha value is -1.01. The summed E-state index contributed by atoms with van der Waals surface area (Å²) in [5.74, 6) is 2.43. The van der Waals surface area contributed by atoms with E-state index in [1.807, 2.05) is 6.92 Å². The molecule has 0 aliphatic rings. The van der Waals surface area contributed by atoms with Gasteiger partial charge in [-0.2, -0.15) is 0 Å². The molecular formula is C9H15NO2. The first-order chi connectivity index (χ1) is 5.72. The molecule has 0 aliphatic heterocycles. The van der Waals surface area contributed by atoms with Crippen LogP contribution >= 0.6 is 0 Å². The number of carbonyl (C=O) groups is 1. The standard InChI is InChI=1S/C9H15NO2/c1-4-7-10(3)9(11)6-8-12-5-2/h1H,5-8H2,2-3H3. The fourth-order valence-electron chi connectivity index (χ4n) is 0.720. The minimum absolute atomic E-state index is 0.0291. The van der Waals surface area contributed by atoms with Crippen LogP contribution < -0.4 is 0 Å². The first-order valence-electron chi connectivity index (χ1n) is 3.97. The van der Waals surface area contributed by atoms with E-state index in [1.54, 1.807) is 7.05 Å². The number of hydrogen-bond acceptors (Lipinski definition) is 2. The highest BCUT2D eigenvalue weighted by atomic mass is 16.5. The van der Waals surface area contributed by atoms with Gasteiger partial charge in [0.05, 0.1) is 19.6 Å². The second-order valence-corrected chi connectivity index (χ2v) is 2.40. The van der Waals surface area contributed by atoms with Gasteiger partial charge in [0.25, 0.3) is 0 Å². The lowest BCUT2D eigenvalue weighted by Gasteiger charge is -2.13. The molecule has 0 saturated heterocycles. The summed E-state index contributed by atoms with van der Waals surface area (Å²) in [6, 6.07) is 0. The van der Waals surface area contributed by atoms with Gasteiger partial charge < -0.3 is 9.64 Å². The van der Waals surface area contributed by atoms with Crippen molar-refractivity contribution in [3.8, 4) is 12.3 Å². The normalized spacial score (nSPS) is 9.08. The Balaban J connectivity index is 3.51. The zero-order valence-corrected chi connectivity index (χ0v) is 7.67. The molecule has 0 N–H and O–H groups in total. The monoisotopic (exact) mass is 169 g/mol. The number of carbonyl (C=O) groups excluding carboxylic acids is 1. The molecule has 0 aromatic heterocycles. The SMILES string of the molecule is C#CCN(C)C(=O)CCOCC. The van der Waals surface area contributed by atoms with Crippen LogP contribution in [0.5, 0.6) is 0 Å². The molecule has 3 heteroatoms. The highest BCUT2D eigenvalue weighted by Gasteiger charge is 2.05. The summed E-state index contributed by atoms with van der Waals surface area (Å²) in [6.45, 7) is 3.39. The Morgan fingerprint density at radius 3 is 2.83 bits per heavy atom. The third-order valence-corrected chi connectivity index (χ3v) is 1.42. The van der Waals surface area contributed by atoms with Gasteiger partial charge >= 0.3 is 0 Å². The van der Waals surface area contributed by atoms with Gasteiger partial charge in [0, 0.05) is 13.7 Å². The number of ether oxygens (including phenoxy) is 1. The summed E-state index contributed by atoms with van der Waals surface area (Å²) >= 11 is 0. The second kappa shape index (κ2) is 6.68. The number of terminal acetylenes is 1. The highest BCUT2D eigenvalue weighted by molar-refractivity contribution is 5.76. The van der Waals surface area contributed by atoms with Crippen LogP contribution in [0.4, 0.5) is 0 Å². The van der Waals surface area contributed by atoms with Crippen LogP contribution in [-0.2, 0) is 9.53 Å². The minimum atomic E-state index is 0.0291. The Kier molecular flexibility index (Phi) is 6.12. The first-order valence-corrected chi connectivity index (χ1v) is 3.97. The zero-order valence-electron chi connectivity index (χ0n) is 7.67. The Morgan fingerprint density at radius 1 is 1.67 bits per heavy atom. The van der Waals surface area contributed by atoms with Crippen molar-refractivity contribution < 1.29 is 9.53 Å². The average molecular weight is 169 g/mol. The Labute approximate surface area is 73.7 Å². The average Bonchev–Trinajstić information content (AvgIpc) is 2.05. The molecule has 0 spiro atoms. The second-order valence-electron chi connectivity index (χ2n) is 2.40. The maximum absolute atomic E-state index is 11.2. The topological polar surface area (TPSA) is 29.5 Å². The number of amides is 1. The molecule has 0 radical (unpaired) electrons. The molecular weight excluding hydrogens is 154 g/mol. The number of rotatable bonds is 5. The van der Waals surface area contributed by atoms with E-state index in [-0.39, 0.29) is 5.91 Å². The summed E-state index contributed by atoms with van der Waals surface area (Å²) in [5, 5.41) is 0. The lowest BCUT2D eigenvalue weighted by Crippen LogP contribution is -2.27. The third kappa shape index (κ3) is 4.75. The van der Waals surface area contributed by atoms with Crippen LogP contribution in [0.15, 0.2) is 0 Å². The minimum Gasteiger partial charge on any atom is -0.381 e. The smallest absolute Gasteiger partial charge is 0.225 e. The molecule has 0 aromatic rings. The van der Waals surface area contributed by atoms with Gasteiger partial charge in [-0.05, 0) is 6.92 Å². The van der Waals surface area contributed by atoms with Crippen LogP contribution in [0.25, 0.3) is 0 Å². The van der Waals surface area contributed by atoms with Crippen LogP contribution in [-0.4, -0.2) is 37.6 Å². The van der Waals surface area contributed by atoms with Gasteiger partial charge in [-0.25, -0.2) is 0 Å². The molecule has 0 atom stereocenters. The van der Waals surface area contributed by atoms with E-state index in [2.05, 4.69) is 5.92 Å². The van der Waals surface area contributed by atoms with Crippen molar-refractivity contribution in [1.29, 1.82) is 0 Å². The van der Waals surface area contributed by atoms with Crippen molar-refractivity contribution >= 4 is 5.91 Å². The molecule has 0 unspecified atom stereocenters. The molecule has 3 nitrogen and oxygen atoms in total. The molecule has 0 bridgehead atoms. The number of hydrogen-bond donors (Lipinski definition) is 0. The van der Waals surface area contributed by atoms with Crippen LogP contribution in [0.3, 0.4) is 0 Å². The largest absolute Gasteiger partial charge is 0.381 e. The molecule has 0 rings (SSSR count). The Bertz CT molecular complexity index is 172. The van der Waals surface area contributed by atoms with Crippen molar-refractivity contribution in [2.24, 2.45) is 0 Å². The summed E-state index contributed by atoms with van der Waals surface area (Å²) in [4.78, 5) is 12.7. The van der Waals surface area contributed by atoms with Gasteiger partial charge in [-0.1, -0.05) is 5.92 Å². The zero-order chi connectivity index (χ0) is 9.40. The van der Waals surface area contributed by atoms with Crippen molar-refractivity contribution in [3.63, 3.8) is 0 Å². The molecule has 0 fully saturated rings. The van der Waals surface area contributed by atoms with E-state index >= 15 is 0 Å². The lowest BCUT2D eigenvalue weighted by molar-refractivity contribution is -0.130. The summed E-state index contributed by atoms with van der Waals surface area (Å²) < 4.78 is 5.03. The summed E-state index contributed by atoms with van der Waals surface area (Å²) in [5.41, 5.74) is 0.